The van der Waals surface area contributed by atoms with Gasteiger partial charge in [-0.3, -0.25) is 4.90 Å². The first-order chi connectivity index (χ1) is 9.46. The first-order valence-electron chi connectivity index (χ1n) is 7.01. The largest absolute Gasteiger partial charge is 0.495 e. The van der Waals surface area contributed by atoms with Crippen LogP contribution in [-0.4, -0.2) is 31.1 Å². The van der Waals surface area contributed by atoms with Crippen molar-refractivity contribution in [2.75, 3.05) is 20.2 Å². The summed E-state index contributed by atoms with van der Waals surface area (Å²) in [6.07, 6.45) is 1.03. The average molecular weight is 273 g/mol. The van der Waals surface area contributed by atoms with Crippen molar-refractivity contribution in [3.63, 3.8) is 0 Å². The highest BCUT2D eigenvalue weighted by atomic mass is 16.5. The van der Waals surface area contributed by atoms with E-state index in [-0.39, 0.29) is 11.5 Å². The Bertz CT molecular complexity index is 519. The van der Waals surface area contributed by atoms with Crippen LogP contribution in [0.25, 0.3) is 0 Å². The molecule has 0 amide bonds. The molecule has 1 saturated heterocycles. The molecule has 1 aliphatic rings. The predicted molar refractivity (Wildman–Crippen MR) is 79.4 cm³/mol. The highest BCUT2D eigenvalue weighted by Crippen LogP contribution is 2.29. The highest BCUT2D eigenvalue weighted by molar-refractivity contribution is 5.45. The first kappa shape index (κ1) is 14.8. The second-order valence-corrected chi connectivity index (χ2v) is 6.24. The summed E-state index contributed by atoms with van der Waals surface area (Å²) in [4.78, 5) is 2.42. The number of rotatable bonds is 3. The van der Waals surface area contributed by atoms with E-state index in [0.29, 0.717) is 11.3 Å². The summed E-state index contributed by atoms with van der Waals surface area (Å²) < 4.78 is 5.26. The molecule has 1 fully saturated rings. The molecule has 0 radical (unpaired) electrons. The Morgan fingerprint density at radius 2 is 2.25 bits per heavy atom. The number of nitrogens with zero attached hydrogens (tertiary/aromatic N) is 2. The maximum absolute atomic E-state index is 9.01. The first-order valence-corrected chi connectivity index (χ1v) is 7.01. The van der Waals surface area contributed by atoms with Crippen molar-refractivity contribution >= 4 is 0 Å². The molecule has 1 aromatic carbocycles. The molecule has 2 N–H and O–H groups in total. The topological polar surface area (TPSA) is 62.3 Å². The normalized spacial score (nSPS) is 22.2. The third-order valence-electron chi connectivity index (χ3n) is 4.18. The lowest BCUT2D eigenvalue weighted by Gasteiger charge is -2.42. The van der Waals surface area contributed by atoms with Crippen molar-refractivity contribution in [2.45, 2.75) is 32.9 Å². The highest BCUT2D eigenvalue weighted by Gasteiger charge is 2.33. The fourth-order valence-electron chi connectivity index (χ4n) is 2.80. The van der Waals surface area contributed by atoms with Crippen molar-refractivity contribution in [1.29, 1.82) is 5.26 Å². The molecular weight excluding hydrogens is 250 g/mol. The molecule has 1 aliphatic heterocycles. The van der Waals surface area contributed by atoms with Crippen molar-refractivity contribution in [2.24, 2.45) is 11.1 Å². The molecule has 0 bridgehead atoms. The van der Waals surface area contributed by atoms with Gasteiger partial charge >= 0.3 is 0 Å². The maximum atomic E-state index is 9.01. The van der Waals surface area contributed by atoms with Gasteiger partial charge in [0.25, 0.3) is 0 Å². The Balaban J connectivity index is 2.09. The van der Waals surface area contributed by atoms with Crippen molar-refractivity contribution < 1.29 is 4.74 Å². The Hall–Kier alpha value is -1.57. The number of methoxy groups -OCH3 is 1. The smallest absolute Gasteiger partial charge is 0.136 e. The van der Waals surface area contributed by atoms with E-state index in [1.165, 1.54) is 5.56 Å². The van der Waals surface area contributed by atoms with Gasteiger partial charge in [0.1, 0.15) is 11.8 Å². The van der Waals surface area contributed by atoms with Crippen LogP contribution in [0.2, 0.25) is 0 Å². The fraction of sp³-hybridized carbons (Fsp3) is 0.562. The minimum absolute atomic E-state index is 0.148. The third-order valence-corrected chi connectivity index (χ3v) is 4.18. The van der Waals surface area contributed by atoms with E-state index in [1.807, 2.05) is 18.2 Å². The Labute approximate surface area is 121 Å². The van der Waals surface area contributed by atoms with Crippen LogP contribution in [-0.2, 0) is 6.54 Å². The molecule has 4 nitrogen and oxygen atoms in total. The summed E-state index contributed by atoms with van der Waals surface area (Å²) in [7, 11) is 1.60. The number of benzene rings is 1. The van der Waals surface area contributed by atoms with Gasteiger partial charge in [-0.1, -0.05) is 19.9 Å². The van der Waals surface area contributed by atoms with E-state index in [0.717, 1.165) is 26.1 Å². The van der Waals surface area contributed by atoms with Crippen LogP contribution in [0.4, 0.5) is 0 Å². The summed E-state index contributed by atoms with van der Waals surface area (Å²) >= 11 is 0. The molecule has 20 heavy (non-hydrogen) atoms. The van der Waals surface area contributed by atoms with Gasteiger partial charge in [0.2, 0.25) is 0 Å². The monoisotopic (exact) mass is 273 g/mol. The number of ether oxygens (including phenoxy) is 1. The minimum Gasteiger partial charge on any atom is -0.495 e. The van der Waals surface area contributed by atoms with Crippen molar-refractivity contribution in [3.8, 4) is 11.8 Å². The van der Waals surface area contributed by atoms with Gasteiger partial charge in [-0.2, -0.15) is 5.26 Å². The van der Waals surface area contributed by atoms with E-state index in [2.05, 4.69) is 24.8 Å². The van der Waals surface area contributed by atoms with Gasteiger partial charge in [-0.15, -0.1) is 0 Å². The van der Waals surface area contributed by atoms with Gasteiger partial charge in [0, 0.05) is 25.7 Å². The summed E-state index contributed by atoms with van der Waals surface area (Å²) in [5.41, 5.74) is 8.07. The maximum Gasteiger partial charge on any atom is 0.136 e. The summed E-state index contributed by atoms with van der Waals surface area (Å²) in [6, 6.07) is 8.20. The number of nitrogens with two attached hydrogens (primary N) is 1. The van der Waals surface area contributed by atoms with Crippen molar-refractivity contribution in [1.82, 2.24) is 4.90 Å². The van der Waals surface area contributed by atoms with Gasteiger partial charge in [0.15, 0.2) is 0 Å². The van der Waals surface area contributed by atoms with Gasteiger partial charge in [-0.05, 0) is 29.5 Å². The number of piperidine rings is 1. The molecule has 1 aromatic rings. The van der Waals surface area contributed by atoms with E-state index < -0.39 is 0 Å². The van der Waals surface area contributed by atoms with E-state index in [1.54, 1.807) is 7.11 Å². The van der Waals surface area contributed by atoms with Crippen LogP contribution in [0.3, 0.4) is 0 Å². The van der Waals surface area contributed by atoms with Crippen LogP contribution in [0, 0.1) is 16.7 Å². The molecule has 0 saturated carbocycles. The van der Waals surface area contributed by atoms with E-state index >= 15 is 0 Å². The molecule has 4 heteroatoms. The second kappa shape index (κ2) is 5.82. The lowest BCUT2D eigenvalue weighted by molar-refractivity contribution is 0.0898. The Kier molecular flexibility index (Phi) is 4.32. The number of nitriles is 1. The van der Waals surface area contributed by atoms with Crippen LogP contribution < -0.4 is 10.5 Å². The Morgan fingerprint density at radius 3 is 2.85 bits per heavy atom. The number of hydrogen-bond acceptors (Lipinski definition) is 4. The third kappa shape index (κ3) is 3.12. The lowest BCUT2D eigenvalue weighted by Crippen LogP contribution is -2.52. The number of likely N-dealkylation sites (tertiary alicyclic amines) is 1. The summed E-state index contributed by atoms with van der Waals surface area (Å²) in [5, 5.41) is 9.01. The van der Waals surface area contributed by atoms with Crippen LogP contribution in [0.5, 0.6) is 5.75 Å². The molecular formula is C16H23N3O. The zero-order chi connectivity index (χ0) is 14.8. The van der Waals surface area contributed by atoms with Gasteiger partial charge in [0.05, 0.1) is 12.7 Å². The minimum atomic E-state index is 0.148. The molecule has 108 valence electrons. The second-order valence-electron chi connectivity index (χ2n) is 6.24. The molecule has 1 heterocycles. The van der Waals surface area contributed by atoms with E-state index in [9.17, 15) is 0 Å². The zero-order valence-corrected chi connectivity index (χ0v) is 12.5. The summed E-state index contributed by atoms with van der Waals surface area (Å²) in [5.74, 6) is 0.651. The van der Waals surface area contributed by atoms with Crippen molar-refractivity contribution in [3.05, 3.63) is 29.3 Å². The fourth-order valence-corrected chi connectivity index (χ4v) is 2.80. The lowest BCUT2D eigenvalue weighted by atomic mass is 9.79. The van der Waals surface area contributed by atoms with Crippen LogP contribution in [0.1, 0.15) is 31.4 Å². The summed E-state index contributed by atoms with van der Waals surface area (Å²) in [6.45, 7) is 7.34. The Morgan fingerprint density at radius 1 is 1.50 bits per heavy atom. The molecule has 1 unspecified atom stereocenters. The number of hydrogen-bond donors (Lipinski definition) is 1. The van der Waals surface area contributed by atoms with Gasteiger partial charge in [-0.25, -0.2) is 0 Å². The molecule has 0 aromatic heterocycles. The molecule has 1 atom stereocenters. The van der Waals surface area contributed by atoms with Crippen LogP contribution in [0.15, 0.2) is 18.2 Å². The average Bonchev–Trinajstić information content (AvgIpc) is 2.42. The zero-order valence-electron chi connectivity index (χ0n) is 12.5. The predicted octanol–water partition coefficient (Wildman–Crippen LogP) is 2.13. The molecule has 2 rings (SSSR count). The quantitative estimate of drug-likeness (QED) is 0.916. The van der Waals surface area contributed by atoms with Crippen LogP contribution >= 0.6 is 0 Å². The van der Waals surface area contributed by atoms with Gasteiger partial charge < -0.3 is 10.5 Å². The molecule has 0 spiro atoms. The SMILES string of the molecule is COc1cc(CN2CCC(N)C(C)(C)C2)ccc1C#N. The standard InChI is InChI=1S/C16H23N3O/c1-16(2)11-19(7-6-15(16)18)10-12-4-5-13(9-17)14(8-12)20-3/h4-5,8,15H,6-7,10-11,18H2,1-3H3. The molecule has 0 aliphatic carbocycles. The van der Waals surface area contributed by atoms with E-state index in [4.69, 9.17) is 15.7 Å².